The van der Waals surface area contributed by atoms with Gasteiger partial charge in [-0.1, -0.05) is 6.07 Å². The van der Waals surface area contributed by atoms with Crippen molar-refractivity contribution in [1.29, 1.82) is 0 Å². The number of halogens is 1. The molecule has 4 heteroatoms. The van der Waals surface area contributed by atoms with Gasteiger partial charge < -0.3 is 10.6 Å². The summed E-state index contributed by atoms with van der Waals surface area (Å²) in [4.78, 5) is 11.4. The molecule has 0 aromatic heterocycles. The Morgan fingerprint density at radius 2 is 1.75 bits per heavy atom. The van der Waals surface area contributed by atoms with Gasteiger partial charge in [0.2, 0.25) is 5.91 Å². The molecule has 1 aromatic carbocycles. The molecule has 0 radical (unpaired) electrons. The number of anilines is 1. The van der Waals surface area contributed by atoms with E-state index in [1.54, 1.807) is 0 Å². The van der Waals surface area contributed by atoms with Gasteiger partial charge in [0.05, 0.1) is 0 Å². The van der Waals surface area contributed by atoms with Gasteiger partial charge in [-0.05, 0) is 44.2 Å². The predicted molar refractivity (Wildman–Crippen MR) is 70.3 cm³/mol. The molecule has 0 fully saturated rings. The van der Waals surface area contributed by atoms with Crippen LogP contribution in [0.5, 0.6) is 0 Å². The Morgan fingerprint density at radius 3 is 2.25 bits per heavy atom. The second-order valence-corrected chi connectivity index (χ2v) is 3.78. The third-order valence-corrected chi connectivity index (χ3v) is 2.11. The monoisotopic (exact) mass is 242 g/mol. The van der Waals surface area contributed by atoms with Crippen LogP contribution >= 0.6 is 12.4 Å². The van der Waals surface area contributed by atoms with Crippen LogP contribution in [0.1, 0.15) is 17.5 Å². The van der Waals surface area contributed by atoms with Crippen LogP contribution in [0.15, 0.2) is 18.2 Å². The Balaban J connectivity index is 0.00000225. The van der Waals surface area contributed by atoms with Crippen LogP contribution in [0.25, 0.3) is 0 Å². The van der Waals surface area contributed by atoms with Gasteiger partial charge in [-0.2, -0.15) is 0 Å². The number of hydrogen-bond donors (Lipinski definition) is 2. The molecule has 1 amide bonds. The molecule has 1 rings (SSSR count). The highest BCUT2D eigenvalue weighted by Gasteiger charge is 2.01. The minimum Gasteiger partial charge on any atom is -0.326 e. The van der Waals surface area contributed by atoms with Gasteiger partial charge in [0, 0.05) is 18.7 Å². The van der Waals surface area contributed by atoms with E-state index in [9.17, 15) is 4.79 Å². The molecule has 0 atom stereocenters. The van der Waals surface area contributed by atoms with Gasteiger partial charge in [0.1, 0.15) is 0 Å². The Bertz CT molecular complexity index is 333. The fourth-order valence-electron chi connectivity index (χ4n) is 1.51. The van der Waals surface area contributed by atoms with E-state index in [4.69, 9.17) is 0 Å². The first kappa shape index (κ1) is 14.9. The first-order chi connectivity index (χ1) is 7.11. The molecule has 2 N–H and O–H groups in total. The zero-order chi connectivity index (χ0) is 11.3. The molecule has 0 aliphatic heterocycles. The number of carbonyl (C=O) groups is 1. The molecule has 90 valence electrons. The Morgan fingerprint density at radius 1 is 1.19 bits per heavy atom. The van der Waals surface area contributed by atoms with Gasteiger partial charge in [-0.3, -0.25) is 4.79 Å². The second kappa shape index (κ2) is 7.25. The molecular formula is C12H19ClN2O. The van der Waals surface area contributed by atoms with Crippen LogP contribution < -0.4 is 10.6 Å². The van der Waals surface area contributed by atoms with Gasteiger partial charge in [0.25, 0.3) is 0 Å². The lowest BCUT2D eigenvalue weighted by molar-refractivity contribution is -0.116. The van der Waals surface area contributed by atoms with E-state index in [1.165, 1.54) is 11.1 Å². The van der Waals surface area contributed by atoms with Crippen molar-refractivity contribution < 1.29 is 4.79 Å². The normalized spacial score (nSPS) is 9.44. The summed E-state index contributed by atoms with van der Waals surface area (Å²) < 4.78 is 0. The number of amides is 1. The van der Waals surface area contributed by atoms with E-state index in [1.807, 2.05) is 33.0 Å². The maximum absolute atomic E-state index is 11.4. The summed E-state index contributed by atoms with van der Waals surface area (Å²) in [5.74, 6) is 0.0503. The number of aryl methyl sites for hydroxylation is 2. The van der Waals surface area contributed by atoms with Crippen molar-refractivity contribution in [2.75, 3.05) is 18.9 Å². The average Bonchev–Trinajstić information content (AvgIpc) is 2.13. The molecule has 0 bridgehead atoms. The standard InChI is InChI=1S/C12H18N2O.ClH/c1-9-6-10(2)8-11(7-9)14-12(15)4-5-13-3;/h6-8,13H,4-5H2,1-3H3,(H,14,15);1H. The van der Waals surface area contributed by atoms with Crippen LogP contribution in [0.3, 0.4) is 0 Å². The minimum absolute atomic E-state index is 0. The maximum atomic E-state index is 11.4. The summed E-state index contributed by atoms with van der Waals surface area (Å²) in [6, 6.07) is 6.04. The van der Waals surface area contributed by atoms with E-state index in [0.29, 0.717) is 13.0 Å². The maximum Gasteiger partial charge on any atom is 0.225 e. The molecule has 0 saturated heterocycles. The number of rotatable bonds is 4. The highest BCUT2D eigenvalue weighted by molar-refractivity contribution is 5.91. The van der Waals surface area contributed by atoms with Gasteiger partial charge in [0.15, 0.2) is 0 Å². The third-order valence-electron chi connectivity index (χ3n) is 2.11. The van der Waals surface area contributed by atoms with Crippen LogP contribution in [-0.2, 0) is 4.79 Å². The van der Waals surface area contributed by atoms with E-state index in [2.05, 4.69) is 16.7 Å². The van der Waals surface area contributed by atoms with Gasteiger partial charge >= 0.3 is 0 Å². The van der Waals surface area contributed by atoms with Crippen molar-refractivity contribution in [3.8, 4) is 0 Å². The molecule has 0 spiro atoms. The van der Waals surface area contributed by atoms with Crippen LogP contribution in [0.4, 0.5) is 5.69 Å². The summed E-state index contributed by atoms with van der Waals surface area (Å²) in [7, 11) is 1.84. The molecule has 0 aliphatic rings. The highest BCUT2D eigenvalue weighted by atomic mass is 35.5. The van der Waals surface area contributed by atoms with E-state index in [-0.39, 0.29) is 18.3 Å². The first-order valence-electron chi connectivity index (χ1n) is 5.14. The average molecular weight is 243 g/mol. The fraction of sp³-hybridized carbons (Fsp3) is 0.417. The van der Waals surface area contributed by atoms with Gasteiger partial charge in [-0.15, -0.1) is 12.4 Å². The molecule has 16 heavy (non-hydrogen) atoms. The number of benzene rings is 1. The topological polar surface area (TPSA) is 41.1 Å². The second-order valence-electron chi connectivity index (χ2n) is 3.78. The lowest BCUT2D eigenvalue weighted by Crippen LogP contribution is -2.18. The highest BCUT2D eigenvalue weighted by Crippen LogP contribution is 2.13. The quantitative estimate of drug-likeness (QED) is 0.851. The zero-order valence-corrected chi connectivity index (χ0v) is 10.8. The lowest BCUT2D eigenvalue weighted by atomic mass is 10.1. The first-order valence-corrected chi connectivity index (χ1v) is 5.14. The van der Waals surface area contributed by atoms with Crippen LogP contribution in [-0.4, -0.2) is 19.5 Å². The summed E-state index contributed by atoms with van der Waals surface area (Å²) in [5, 5.41) is 5.83. The van der Waals surface area contributed by atoms with Crippen molar-refractivity contribution in [1.82, 2.24) is 5.32 Å². The predicted octanol–water partition coefficient (Wildman–Crippen LogP) is 2.27. The minimum atomic E-state index is 0. The molecule has 3 nitrogen and oxygen atoms in total. The fourth-order valence-corrected chi connectivity index (χ4v) is 1.51. The molecule has 0 heterocycles. The summed E-state index contributed by atoms with van der Waals surface area (Å²) in [5.41, 5.74) is 3.21. The van der Waals surface area contributed by atoms with Crippen molar-refractivity contribution in [3.63, 3.8) is 0 Å². The number of nitrogens with one attached hydrogen (secondary N) is 2. The molecule has 1 aromatic rings. The summed E-state index contributed by atoms with van der Waals surface area (Å²) >= 11 is 0. The van der Waals surface area contributed by atoms with Crippen molar-refractivity contribution in [3.05, 3.63) is 29.3 Å². The van der Waals surface area contributed by atoms with E-state index in [0.717, 1.165) is 5.69 Å². The smallest absolute Gasteiger partial charge is 0.225 e. The Labute approximate surface area is 103 Å². The molecule has 0 aliphatic carbocycles. The number of carbonyl (C=O) groups excluding carboxylic acids is 1. The molecular weight excluding hydrogens is 224 g/mol. The zero-order valence-electron chi connectivity index (χ0n) is 9.96. The van der Waals surface area contributed by atoms with Gasteiger partial charge in [-0.25, -0.2) is 0 Å². The third kappa shape index (κ3) is 5.14. The Kier molecular flexibility index (Phi) is 6.77. The van der Waals surface area contributed by atoms with Crippen molar-refractivity contribution in [2.45, 2.75) is 20.3 Å². The van der Waals surface area contributed by atoms with Crippen LogP contribution in [0.2, 0.25) is 0 Å². The number of hydrogen-bond acceptors (Lipinski definition) is 2. The van der Waals surface area contributed by atoms with E-state index < -0.39 is 0 Å². The lowest BCUT2D eigenvalue weighted by Gasteiger charge is -2.07. The molecule has 0 unspecified atom stereocenters. The molecule has 0 saturated carbocycles. The van der Waals surface area contributed by atoms with Crippen molar-refractivity contribution >= 4 is 24.0 Å². The summed E-state index contributed by atoms with van der Waals surface area (Å²) in [6.07, 6.45) is 0.503. The SMILES string of the molecule is CNCCC(=O)Nc1cc(C)cc(C)c1.Cl. The summed E-state index contributed by atoms with van der Waals surface area (Å²) in [6.45, 7) is 4.75. The van der Waals surface area contributed by atoms with E-state index >= 15 is 0 Å². The van der Waals surface area contributed by atoms with Crippen molar-refractivity contribution in [2.24, 2.45) is 0 Å². The van der Waals surface area contributed by atoms with Crippen LogP contribution in [0, 0.1) is 13.8 Å². The largest absolute Gasteiger partial charge is 0.326 e. The Hall–Kier alpha value is -1.06.